The van der Waals surface area contributed by atoms with Crippen molar-refractivity contribution in [2.75, 3.05) is 6.16 Å². The van der Waals surface area contributed by atoms with Crippen molar-refractivity contribution >= 4 is 21.6 Å². The van der Waals surface area contributed by atoms with Crippen LogP contribution in [0, 0.1) is 0 Å². The first-order valence-electron chi connectivity index (χ1n) is 4.89. The average Bonchev–Trinajstić information content (AvgIpc) is 2.27. The SMILES string of the molecule is C=C[Si](C)(CCP([O-])[O-])c1ccccc1.[Na+].[Na+]. The molecule has 0 saturated carbocycles. The molecule has 0 fully saturated rings. The Bertz CT molecular complexity index is 325. The number of benzene rings is 1. The number of hydrogen-bond acceptors (Lipinski definition) is 2. The smallest absolute Gasteiger partial charge is 0.842 e. The second kappa shape index (κ2) is 10.3. The van der Waals surface area contributed by atoms with Crippen LogP contribution in [0.25, 0.3) is 0 Å². The van der Waals surface area contributed by atoms with Gasteiger partial charge in [-0.3, -0.25) is 0 Å². The molecule has 0 heterocycles. The minimum atomic E-state index is -2.27. The van der Waals surface area contributed by atoms with E-state index in [0.717, 1.165) is 6.04 Å². The van der Waals surface area contributed by atoms with Crippen LogP contribution in [0.1, 0.15) is 0 Å². The predicted octanol–water partition coefficient (Wildman–Crippen LogP) is -5.26. The summed E-state index contributed by atoms with van der Waals surface area (Å²) < 4.78 is 0. The van der Waals surface area contributed by atoms with Gasteiger partial charge in [0.1, 0.15) is 8.07 Å². The van der Waals surface area contributed by atoms with Gasteiger partial charge in [-0.1, -0.05) is 53.9 Å². The monoisotopic (exact) mass is 284 g/mol. The molecule has 0 N–H and O–H groups in total. The van der Waals surface area contributed by atoms with Crippen molar-refractivity contribution in [3.8, 4) is 0 Å². The third kappa shape index (κ3) is 7.02. The minimum Gasteiger partial charge on any atom is -0.842 e. The third-order valence-electron chi connectivity index (χ3n) is 2.70. The Balaban J connectivity index is 0. The molecule has 6 heteroatoms. The summed E-state index contributed by atoms with van der Waals surface area (Å²) in [4.78, 5) is 21.2. The van der Waals surface area contributed by atoms with E-state index >= 15 is 0 Å². The quantitative estimate of drug-likeness (QED) is 0.401. The molecule has 0 aliphatic carbocycles. The third-order valence-corrected chi connectivity index (χ3v) is 7.55. The molecule has 1 unspecified atom stereocenters. The van der Waals surface area contributed by atoms with Gasteiger partial charge in [0.2, 0.25) is 0 Å². The van der Waals surface area contributed by atoms with Crippen molar-refractivity contribution < 1.29 is 68.9 Å². The van der Waals surface area contributed by atoms with Crippen molar-refractivity contribution in [3.05, 3.63) is 42.6 Å². The Morgan fingerprint density at radius 1 is 1.24 bits per heavy atom. The van der Waals surface area contributed by atoms with Gasteiger partial charge in [0.05, 0.1) is 0 Å². The van der Waals surface area contributed by atoms with Crippen LogP contribution in [0.3, 0.4) is 0 Å². The molecule has 1 rings (SSSR count). The van der Waals surface area contributed by atoms with Crippen molar-refractivity contribution in [2.45, 2.75) is 12.6 Å². The number of rotatable bonds is 5. The molecule has 0 bridgehead atoms. The first-order chi connectivity index (χ1) is 7.08. The van der Waals surface area contributed by atoms with E-state index in [1.165, 1.54) is 5.19 Å². The Morgan fingerprint density at radius 2 is 1.76 bits per heavy atom. The van der Waals surface area contributed by atoms with Gasteiger partial charge in [-0.05, 0) is 6.04 Å². The molecule has 2 nitrogen and oxygen atoms in total. The molecule has 17 heavy (non-hydrogen) atoms. The maximum Gasteiger partial charge on any atom is 1.00 e. The summed E-state index contributed by atoms with van der Waals surface area (Å²) in [6.07, 6.45) is 0.263. The normalized spacial score (nSPS) is 13.2. The topological polar surface area (TPSA) is 46.1 Å². The zero-order valence-electron chi connectivity index (χ0n) is 10.8. The Morgan fingerprint density at radius 3 is 2.18 bits per heavy atom. The zero-order valence-corrected chi connectivity index (χ0v) is 16.7. The van der Waals surface area contributed by atoms with Crippen LogP contribution in [-0.2, 0) is 0 Å². The molecule has 0 aromatic heterocycles. The minimum absolute atomic E-state index is 0. The van der Waals surface area contributed by atoms with Crippen molar-refractivity contribution in [1.29, 1.82) is 0 Å². The van der Waals surface area contributed by atoms with E-state index in [2.05, 4.69) is 25.3 Å². The molecule has 82 valence electrons. The summed E-state index contributed by atoms with van der Waals surface area (Å²) in [5.74, 6) is 0. The number of hydrogen-bond donors (Lipinski definition) is 0. The van der Waals surface area contributed by atoms with Crippen LogP contribution in [0.5, 0.6) is 0 Å². The van der Waals surface area contributed by atoms with E-state index in [0.29, 0.717) is 0 Å². The summed E-state index contributed by atoms with van der Waals surface area (Å²) in [5.41, 5.74) is 1.96. The van der Waals surface area contributed by atoms with Crippen LogP contribution in [0.15, 0.2) is 42.6 Å². The maximum atomic E-state index is 10.6. The van der Waals surface area contributed by atoms with Crippen molar-refractivity contribution in [3.63, 3.8) is 0 Å². The summed E-state index contributed by atoms with van der Waals surface area (Å²) in [5, 5.41) is 1.25. The van der Waals surface area contributed by atoms with E-state index in [1.54, 1.807) is 0 Å². The van der Waals surface area contributed by atoms with Crippen LogP contribution >= 0.6 is 8.38 Å². The van der Waals surface area contributed by atoms with Gasteiger partial charge in [-0.15, -0.1) is 6.58 Å². The predicted molar refractivity (Wildman–Crippen MR) is 64.5 cm³/mol. The fourth-order valence-corrected chi connectivity index (χ4v) is 5.78. The molecule has 0 radical (unpaired) electrons. The Labute approximate surface area is 150 Å². The first kappa shape index (κ1) is 20.8. The molecule has 0 aliphatic heterocycles. The molecule has 0 saturated heterocycles. The van der Waals surface area contributed by atoms with Gasteiger partial charge in [0.15, 0.2) is 0 Å². The molecule has 1 aromatic rings. The molecule has 0 spiro atoms. The van der Waals surface area contributed by atoms with Gasteiger partial charge in [0.25, 0.3) is 0 Å². The average molecular weight is 284 g/mol. The van der Waals surface area contributed by atoms with Gasteiger partial charge in [-0.25, -0.2) is 0 Å². The van der Waals surface area contributed by atoms with Crippen LogP contribution < -0.4 is 74.1 Å². The van der Waals surface area contributed by atoms with Crippen LogP contribution in [-0.4, -0.2) is 14.2 Å². The molecule has 1 atom stereocenters. The van der Waals surface area contributed by atoms with E-state index in [9.17, 15) is 9.79 Å². The van der Waals surface area contributed by atoms with Crippen molar-refractivity contribution in [2.24, 2.45) is 0 Å². The molecule has 0 aliphatic rings. The Hall–Kier alpha value is 1.53. The maximum absolute atomic E-state index is 10.6. The van der Waals surface area contributed by atoms with Crippen molar-refractivity contribution in [1.82, 2.24) is 0 Å². The van der Waals surface area contributed by atoms with Gasteiger partial charge in [0, 0.05) is 0 Å². The fraction of sp³-hybridized carbons (Fsp3) is 0.273. The van der Waals surface area contributed by atoms with E-state index < -0.39 is 16.4 Å². The summed E-state index contributed by atoms with van der Waals surface area (Å²) in [6.45, 7) is 6.00. The van der Waals surface area contributed by atoms with Gasteiger partial charge < -0.3 is 18.2 Å². The standard InChI is InChI=1S/C11H15O2PSi.2Na/c1-3-15(2,10-9-14(12)13)11-7-5-4-6-8-11;;/h3-8H,1,9-10H2,2H3;;/q-2;2*+1. The zero-order chi connectivity index (χ0) is 11.3. The summed E-state index contributed by atoms with van der Waals surface area (Å²) in [7, 11) is -4.06. The Kier molecular flexibility index (Phi) is 12.7. The van der Waals surface area contributed by atoms with Gasteiger partial charge >= 0.3 is 59.1 Å². The van der Waals surface area contributed by atoms with Crippen LogP contribution in [0.4, 0.5) is 0 Å². The fourth-order valence-electron chi connectivity index (χ4n) is 1.51. The van der Waals surface area contributed by atoms with E-state index in [-0.39, 0.29) is 65.3 Å². The largest absolute Gasteiger partial charge is 1.00 e. The van der Waals surface area contributed by atoms with Gasteiger partial charge in [-0.2, -0.15) is 0 Å². The van der Waals surface area contributed by atoms with E-state index in [4.69, 9.17) is 0 Å². The summed E-state index contributed by atoms with van der Waals surface area (Å²) >= 11 is 0. The molecule has 1 aromatic carbocycles. The second-order valence-electron chi connectivity index (χ2n) is 3.79. The first-order valence-corrected chi connectivity index (χ1v) is 9.04. The summed E-state index contributed by atoms with van der Waals surface area (Å²) in [6, 6.07) is 10.8. The molecular formula is C11H15Na2O2PSi. The second-order valence-corrected chi connectivity index (χ2v) is 9.23. The molecule has 0 amide bonds. The van der Waals surface area contributed by atoms with Crippen LogP contribution in [0.2, 0.25) is 12.6 Å². The molecular weight excluding hydrogens is 269 g/mol. The van der Waals surface area contributed by atoms with E-state index in [1.807, 2.05) is 23.9 Å².